The lowest BCUT2D eigenvalue weighted by molar-refractivity contribution is -0.820. The minimum Gasteiger partial charge on any atom is -0.625 e. The SMILES string of the molecule is CSC1C(=O)[N+](C)([O-])C1SC. The van der Waals surface area contributed by atoms with Gasteiger partial charge in [-0.25, -0.2) is 4.79 Å². The van der Waals surface area contributed by atoms with Gasteiger partial charge in [-0.05, 0) is 12.5 Å². The van der Waals surface area contributed by atoms with Crippen LogP contribution in [0.25, 0.3) is 0 Å². The Balaban J connectivity index is 2.70. The van der Waals surface area contributed by atoms with Crippen LogP contribution in [0.5, 0.6) is 0 Å². The van der Waals surface area contributed by atoms with Gasteiger partial charge in [0.05, 0.1) is 7.05 Å². The second-order valence-electron chi connectivity index (χ2n) is 2.61. The molecular weight excluding hydrogens is 182 g/mol. The first-order chi connectivity index (χ1) is 5.05. The fourth-order valence-electron chi connectivity index (χ4n) is 1.22. The van der Waals surface area contributed by atoms with Gasteiger partial charge in [0.25, 0.3) is 0 Å². The van der Waals surface area contributed by atoms with Crippen LogP contribution < -0.4 is 0 Å². The Labute approximate surface area is 74.7 Å². The van der Waals surface area contributed by atoms with Crippen LogP contribution in [-0.2, 0) is 4.79 Å². The number of quaternary nitrogens is 1. The van der Waals surface area contributed by atoms with Crippen LogP contribution >= 0.6 is 23.5 Å². The van der Waals surface area contributed by atoms with Crippen molar-refractivity contribution in [3.05, 3.63) is 5.21 Å². The van der Waals surface area contributed by atoms with E-state index in [9.17, 15) is 10.0 Å². The zero-order valence-electron chi connectivity index (χ0n) is 6.73. The van der Waals surface area contributed by atoms with E-state index in [-0.39, 0.29) is 16.5 Å². The van der Waals surface area contributed by atoms with E-state index in [2.05, 4.69) is 0 Å². The van der Waals surface area contributed by atoms with E-state index < -0.39 is 4.65 Å². The summed E-state index contributed by atoms with van der Waals surface area (Å²) in [6, 6.07) is 0. The molecule has 3 atom stereocenters. The van der Waals surface area contributed by atoms with E-state index in [1.54, 1.807) is 0 Å². The van der Waals surface area contributed by atoms with Crippen LogP contribution in [0.4, 0.5) is 0 Å². The summed E-state index contributed by atoms with van der Waals surface area (Å²) in [5, 5.41) is 11.2. The molecule has 1 aliphatic heterocycles. The lowest BCUT2D eigenvalue weighted by Crippen LogP contribution is -2.70. The number of hydroxylamine groups is 3. The Morgan fingerprint density at radius 1 is 1.45 bits per heavy atom. The van der Waals surface area contributed by atoms with E-state index in [0.29, 0.717) is 0 Å². The quantitative estimate of drug-likeness (QED) is 0.371. The van der Waals surface area contributed by atoms with Crippen molar-refractivity contribution in [1.82, 2.24) is 0 Å². The van der Waals surface area contributed by atoms with Gasteiger partial charge in [0.2, 0.25) is 0 Å². The molecule has 0 aromatic heterocycles. The van der Waals surface area contributed by atoms with Gasteiger partial charge in [0, 0.05) is 0 Å². The average Bonchev–Trinajstić information content (AvgIpc) is 1.98. The lowest BCUT2D eigenvalue weighted by Gasteiger charge is -2.53. The van der Waals surface area contributed by atoms with Gasteiger partial charge in [0.15, 0.2) is 10.6 Å². The average molecular weight is 193 g/mol. The summed E-state index contributed by atoms with van der Waals surface area (Å²) in [5.41, 5.74) is 0. The Bertz CT molecular complexity index is 183. The monoisotopic (exact) mass is 193 g/mol. The highest BCUT2D eigenvalue weighted by Crippen LogP contribution is 2.39. The largest absolute Gasteiger partial charge is 0.625 e. The van der Waals surface area contributed by atoms with Crippen molar-refractivity contribution >= 4 is 29.4 Å². The second kappa shape index (κ2) is 2.97. The summed E-state index contributed by atoms with van der Waals surface area (Å²) < 4.78 is -0.702. The molecule has 0 aliphatic carbocycles. The first-order valence-electron chi connectivity index (χ1n) is 3.23. The summed E-state index contributed by atoms with van der Waals surface area (Å²) in [6.45, 7) is 0. The molecule has 0 aromatic rings. The molecule has 11 heavy (non-hydrogen) atoms. The zero-order chi connectivity index (χ0) is 8.65. The summed E-state index contributed by atoms with van der Waals surface area (Å²) in [6.07, 6.45) is 3.74. The summed E-state index contributed by atoms with van der Waals surface area (Å²) in [7, 11) is 1.43. The molecule has 0 spiro atoms. The predicted molar refractivity (Wildman–Crippen MR) is 49.2 cm³/mol. The van der Waals surface area contributed by atoms with E-state index in [0.717, 1.165) is 0 Å². The molecule has 5 heteroatoms. The van der Waals surface area contributed by atoms with Crippen molar-refractivity contribution in [3.8, 4) is 0 Å². The highest BCUT2D eigenvalue weighted by molar-refractivity contribution is 8.03. The summed E-state index contributed by atoms with van der Waals surface area (Å²) >= 11 is 2.94. The van der Waals surface area contributed by atoms with Gasteiger partial charge in [-0.3, -0.25) is 4.65 Å². The molecule has 1 amide bonds. The number of hydrogen-bond acceptors (Lipinski definition) is 4. The third-order valence-corrected chi connectivity index (χ3v) is 4.22. The first kappa shape index (κ1) is 9.38. The third kappa shape index (κ3) is 1.20. The fraction of sp³-hybridized carbons (Fsp3) is 0.833. The molecule has 0 bridgehead atoms. The van der Waals surface area contributed by atoms with E-state index in [1.165, 1.54) is 30.6 Å². The molecule has 0 radical (unpaired) electrons. The number of carbonyl (C=O) groups excluding carboxylic acids is 1. The lowest BCUT2D eigenvalue weighted by atomic mass is 10.2. The number of nitrogens with zero attached hydrogens (tertiary/aromatic N) is 1. The third-order valence-electron chi connectivity index (χ3n) is 1.92. The van der Waals surface area contributed by atoms with E-state index in [1.807, 2.05) is 12.5 Å². The van der Waals surface area contributed by atoms with Crippen LogP contribution in [0.15, 0.2) is 0 Å². The fourth-order valence-corrected chi connectivity index (χ4v) is 3.63. The molecule has 64 valence electrons. The van der Waals surface area contributed by atoms with E-state index in [4.69, 9.17) is 0 Å². The molecule has 1 rings (SSSR count). The molecule has 3 unspecified atom stereocenters. The molecule has 3 nitrogen and oxygen atoms in total. The minimum atomic E-state index is -0.702. The number of hydrogen-bond donors (Lipinski definition) is 0. The Morgan fingerprint density at radius 2 is 2.00 bits per heavy atom. The number of amides is 1. The maximum absolute atomic E-state index is 11.4. The van der Waals surface area contributed by atoms with Gasteiger partial charge >= 0.3 is 5.91 Å². The maximum atomic E-state index is 11.4. The van der Waals surface area contributed by atoms with Crippen LogP contribution in [0.2, 0.25) is 0 Å². The maximum Gasteiger partial charge on any atom is 0.334 e. The number of likely N-dealkylation sites (tertiary alicyclic amines) is 1. The molecule has 1 heterocycles. The number of thioether (sulfide) groups is 2. The van der Waals surface area contributed by atoms with Crippen LogP contribution in [0.3, 0.4) is 0 Å². The molecule has 1 saturated heterocycles. The highest BCUT2D eigenvalue weighted by Gasteiger charge is 2.55. The van der Waals surface area contributed by atoms with E-state index >= 15 is 0 Å². The molecule has 1 aliphatic rings. The van der Waals surface area contributed by atoms with Crippen molar-refractivity contribution in [2.75, 3.05) is 19.6 Å². The molecule has 0 saturated carbocycles. The van der Waals surface area contributed by atoms with Gasteiger partial charge < -0.3 is 5.21 Å². The van der Waals surface area contributed by atoms with Crippen LogP contribution in [0, 0.1) is 5.21 Å². The molecule has 0 N–H and O–H groups in total. The Kier molecular flexibility index (Phi) is 2.53. The highest BCUT2D eigenvalue weighted by atomic mass is 32.2. The first-order valence-corrected chi connectivity index (χ1v) is 5.80. The van der Waals surface area contributed by atoms with Crippen molar-refractivity contribution in [2.45, 2.75) is 10.6 Å². The Hall–Kier alpha value is 0.290. The van der Waals surface area contributed by atoms with Crippen molar-refractivity contribution < 1.29 is 9.44 Å². The smallest absolute Gasteiger partial charge is 0.334 e. The van der Waals surface area contributed by atoms with Crippen molar-refractivity contribution in [1.29, 1.82) is 0 Å². The number of β-lactam (4-membered cyclic amide) rings is 1. The number of rotatable bonds is 2. The van der Waals surface area contributed by atoms with Crippen LogP contribution in [0.1, 0.15) is 0 Å². The second-order valence-corrected chi connectivity index (χ2v) is 4.54. The zero-order valence-corrected chi connectivity index (χ0v) is 8.37. The van der Waals surface area contributed by atoms with Gasteiger partial charge in [-0.15, -0.1) is 23.5 Å². The van der Waals surface area contributed by atoms with Crippen molar-refractivity contribution in [2.24, 2.45) is 0 Å². The summed E-state index contributed by atoms with van der Waals surface area (Å²) in [4.78, 5) is 11.1. The topological polar surface area (TPSA) is 40.1 Å². The van der Waals surface area contributed by atoms with Crippen molar-refractivity contribution in [3.63, 3.8) is 0 Å². The Morgan fingerprint density at radius 3 is 2.27 bits per heavy atom. The number of carbonyl (C=O) groups is 1. The van der Waals surface area contributed by atoms with Gasteiger partial charge in [-0.2, -0.15) is 0 Å². The normalized spacial score (nSPS) is 43.8. The summed E-state index contributed by atoms with van der Waals surface area (Å²) in [5.74, 6) is -0.197. The molecular formula is C6H11NO2S2. The van der Waals surface area contributed by atoms with Gasteiger partial charge in [0.1, 0.15) is 0 Å². The molecule has 0 aromatic carbocycles. The molecule has 1 fully saturated rings. The van der Waals surface area contributed by atoms with Crippen LogP contribution in [-0.4, -0.2) is 40.7 Å². The standard InChI is InChI=1S/C6H11NO2S2/c1-7(9)5(8)4(10-2)6(7)11-3/h4,6H,1-3H3. The predicted octanol–water partition coefficient (Wildman–Crippen LogP) is 0.892. The minimum absolute atomic E-state index is 0.0903. The van der Waals surface area contributed by atoms with Gasteiger partial charge in [-0.1, -0.05) is 0 Å².